The Labute approximate surface area is 280 Å². The van der Waals surface area contributed by atoms with Gasteiger partial charge in [-0.3, -0.25) is 24.1 Å². The molecule has 0 aromatic heterocycles. The molecule has 0 bridgehead atoms. The second kappa shape index (κ2) is 12.0. The van der Waals surface area contributed by atoms with Gasteiger partial charge in [0.05, 0.1) is 46.2 Å². The summed E-state index contributed by atoms with van der Waals surface area (Å²) in [5, 5.41) is 28.4. The molecule has 10 nitrogen and oxygen atoms in total. The van der Waals surface area contributed by atoms with Gasteiger partial charge in [-0.2, -0.15) is 0 Å². The van der Waals surface area contributed by atoms with E-state index in [0.29, 0.717) is 11.3 Å². The summed E-state index contributed by atoms with van der Waals surface area (Å²) in [7, 11) is -1.80. The van der Waals surface area contributed by atoms with Crippen molar-refractivity contribution < 1.29 is 43.5 Å². The van der Waals surface area contributed by atoms with Crippen LogP contribution in [0.4, 0.5) is 15.8 Å². The molecular weight excluding hydrogens is 642 g/mol. The van der Waals surface area contributed by atoms with E-state index in [1.807, 2.05) is 6.08 Å². The number of aliphatic hydroxyl groups excluding tert-OH is 1. The first kappa shape index (κ1) is 32.2. The van der Waals surface area contributed by atoms with Crippen LogP contribution in [-0.2, 0) is 19.2 Å². The van der Waals surface area contributed by atoms with Gasteiger partial charge in [-0.05, 0) is 79.2 Å². The van der Waals surface area contributed by atoms with Crippen LogP contribution >= 0.6 is 11.6 Å². The van der Waals surface area contributed by atoms with Crippen molar-refractivity contribution in [2.45, 2.75) is 25.7 Å². The molecule has 6 unspecified atom stereocenters. The van der Waals surface area contributed by atoms with E-state index in [0.717, 1.165) is 21.4 Å². The fourth-order valence-electron chi connectivity index (χ4n) is 8.26. The van der Waals surface area contributed by atoms with Gasteiger partial charge in [0.25, 0.3) is 0 Å². The minimum atomic E-state index is -1.80. The Balaban J connectivity index is 1.33. The number of ether oxygens (including phenoxy) is 1. The molecule has 6 atom stereocenters. The summed E-state index contributed by atoms with van der Waals surface area (Å²) in [5.74, 6) is -5.73. The lowest BCUT2D eigenvalue weighted by Crippen LogP contribution is -2.48. The molecule has 4 amide bonds. The topological polar surface area (TPSA) is 145 Å². The monoisotopic (exact) mass is 672 g/mol. The number of rotatable bonds is 7. The van der Waals surface area contributed by atoms with E-state index in [1.165, 1.54) is 30.3 Å². The van der Waals surface area contributed by atoms with Gasteiger partial charge in [0, 0.05) is 5.92 Å². The van der Waals surface area contributed by atoms with Gasteiger partial charge in [0.1, 0.15) is 18.2 Å². The van der Waals surface area contributed by atoms with Crippen LogP contribution in [0.15, 0.2) is 78.4 Å². The second-order valence-electron chi connectivity index (χ2n) is 12.9. The average Bonchev–Trinajstić information content (AvgIpc) is 3.44. The summed E-state index contributed by atoms with van der Waals surface area (Å²) in [6.45, 7) is 1.66. The molecule has 2 aliphatic carbocycles. The Kier molecular flexibility index (Phi) is 8.02. The summed E-state index contributed by atoms with van der Waals surface area (Å²) in [6.07, 6.45) is 2.27. The van der Waals surface area contributed by atoms with Crippen LogP contribution in [0.3, 0.4) is 0 Å². The highest BCUT2D eigenvalue weighted by molar-refractivity contribution is 6.58. The molecule has 7 rings (SSSR count). The Bertz CT molecular complexity index is 1890. The Morgan fingerprint density at radius 3 is 2.35 bits per heavy atom. The number of carbonyl (C=O) groups is 4. The predicted octanol–water partition coefficient (Wildman–Crippen LogP) is 2.97. The van der Waals surface area contributed by atoms with Crippen LogP contribution in [0.1, 0.15) is 31.2 Å². The molecule has 2 aliphatic heterocycles. The fourth-order valence-corrected chi connectivity index (χ4v) is 8.44. The van der Waals surface area contributed by atoms with Gasteiger partial charge in [0.15, 0.2) is 0 Å². The highest BCUT2D eigenvalue weighted by atomic mass is 35.5. The molecule has 3 N–H and O–H groups in total. The molecule has 1 saturated carbocycles. The van der Waals surface area contributed by atoms with Crippen molar-refractivity contribution >= 4 is 59.2 Å². The summed E-state index contributed by atoms with van der Waals surface area (Å²) in [5.41, 5.74) is 0.648. The van der Waals surface area contributed by atoms with Crippen LogP contribution in [0.2, 0.25) is 5.02 Å². The van der Waals surface area contributed by atoms with Gasteiger partial charge >= 0.3 is 7.12 Å². The second-order valence-corrected chi connectivity index (χ2v) is 13.3. The van der Waals surface area contributed by atoms with E-state index >= 15 is 0 Å². The first-order valence-electron chi connectivity index (χ1n) is 15.7. The van der Waals surface area contributed by atoms with Gasteiger partial charge < -0.3 is 19.9 Å². The third kappa shape index (κ3) is 4.81. The normalized spacial score (nSPS) is 27.9. The number of nitrogens with zero attached hydrogens (tertiary/aromatic N) is 2. The van der Waals surface area contributed by atoms with Crippen molar-refractivity contribution in [3.63, 3.8) is 0 Å². The van der Waals surface area contributed by atoms with E-state index in [9.17, 15) is 38.7 Å². The molecule has 3 aromatic rings. The summed E-state index contributed by atoms with van der Waals surface area (Å²) in [4.78, 5) is 59.0. The molecule has 246 valence electrons. The first-order chi connectivity index (χ1) is 23.0. The number of fused-ring (bicyclic) bond motifs is 4. The van der Waals surface area contributed by atoms with Crippen LogP contribution in [0.5, 0.6) is 5.75 Å². The quantitative estimate of drug-likeness (QED) is 0.198. The third-order valence-electron chi connectivity index (χ3n) is 10.4. The number of hydrogen-bond donors (Lipinski definition) is 3. The number of amides is 4. The number of benzene rings is 3. The zero-order chi connectivity index (χ0) is 34.1. The van der Waals surface area contributed by atoms with Crippen molar-refractivity contribution in [3.8, 4) is 5.75 Å². The van der Waals surface area contributed by atoms with Gasteiger partial charge in [0.2, 0.25) is 23.6 Å². The van der Waals surface area contributed by atoms with Crippen molar-refractivity contribution in [3.05, 3.63) is 94.8 Å². The van der Waals surface area contributed by atoms with E-state index in [-0.39, 0.29) is 47.9 Å². The Morgan fingerprint density at radius 2 is 1.67 bits per heavy atom. The third-order valence-corrected chi connectivity index (χ3v) is 10.7. The van der Waals surface area contributed by atoms with E-state index in [4.69, 9.17) is 16.3 Å². The fraction of sp³-hybridized carbons (Fsp3) is 0.314. The lowest BCUT2D eigenvalue weighted by atomic mass is 9.51. The van der Waals surface area contributed by atoms with E-state index in [1.54, 1.807) is 37.3 Å². The van der Waals surface area contributed by atoms with Crippen molar-refractivity contribution in [1.29, 1.82) is 0 Å². The van der Waals surface area contributed by atoms with Gasteiger partial charge in [-0.15, -0.1) is 0 Å². The SMILES string of the molecule is CC12C(=O)N(c3ccc(F)c(Cl)c3)C(=O)C1CC1C(=CCC3C(=O)N(c4cccc(B(O)O)c4)C(=O)C31)C2c1ccc(OCCO)cc1. The zero-order valence-electron chi connectivity index (χ0n) is 25.8. The van der Waals surface area contributed by atoms with Crippen molar-refractivity contribution in [2.24, 2.45) is 29.1 Å². The molecule has 4 aliphatic rings. The van der Waals surface area contributed by atoms with Crippen LogP contribution < -0.4 is 20.0 Å². The van der Waals surface area contributed by atoms with Crippen LogP contribution in [-0.4, -0.2) is 59.1 Å². The van der Waals surface area contributed by atoms with Crippen LogP contribution in [0.25, 0.3) is 0 Å². The highest BCUT2D eigenvalue weighted by Crippen LogP contribution is 2.63. The maximum Gasteiger partial charge on any atom is 0.488 e. The van der Waals surface area contributed by atoms with Gasteiger partial charge in [-0.25, -0.2) is 9.29 Å². The lowest BCUT2D eigenvalue weighted by Gasteiger charge is -2.49. The largest absolute Gasteiger partial charge is 0.491 e. The first-order valence-corrected chi connectivity index (χ1v) is 16.1. The molecule has 3 fully saturated rings. The molecule has 0 spiro atoms. The molecule has 13 heteroatoms. The Morgan fingerprint density at radius 1 is 0.938 bits per heavy atom. The van der Waals surface area contributed by atoms with Crippen molar-refractivity contribution in [1.82, 2.24) is 0 Å². The smallest absolute Gasteiger partial charge is 0.488 e. The maximum absolute atomic E-state index is 14.5. The number of imide groups is 2. The molecular formula is C35H31BClFN2O8. The molecule has 2 heterocycles. The molecule has 3 aromatic carbocycles. The van der Waals surface area contributed by atoms with E-state index in [2.05, 4.69) is 0 Å². The molecule has 48 heavy (non-hydrogen) atoms. The number of carbonyl (C=O) groups excluding carboxylic acids is 4. The van der Waals surface area contributed by atoms with Gasteiger partial charge in [-0.1, -0.05) is 47.5 Å². The Hall–Kier alpha value is -4.36. The number of allylic oxidation sites excluding steroid dienone is 2. The molecule has 0 radical (unpaired) electrons. The van der Waals surface area contributed by atoms with Crippen LogP contribution in [0, 0.1) is 34.9 Å². The minimum Gasteiger partial charge on any atom is -0.491 e. The maximum atomic E-state index is 14.5. The number of anilines is 2. The number of aliphatic hydroxyl groups is 1. The summed E-state index contributed by atoms with van der Waals surface area (Å²) in [6, 6.07) is 16.6. The highest BCUT2D eigenvalue weighted by Gasteiger charge is 2.67. The zero-order valence-corrected chi connectivity index (χ0v) is 26.5. The van der Waals surface area contributed by atoms with E-state index < -0.39 is 71.6 Å². The lowest BCUT2D eigenvalue weighted by molar-refractivity contribution is -0.131. The van der Waals surface area contributed by atoms with Crippen molar-refractivity contribution in [2.75, 3.05) is 23.0 Å². The number of halogens is 2. The number of hydrogen-bond acceptors (Lipinski definition) is 8. The average molecular weight is 673 g/mol. The minimum absolute atomic E-state index is 0.0911. The molecule has 2 saturated heterocycles. The summed E-state index contributed by atoms with van der Waals surface area (Å²) < 4.78 is 19.7. The standard InChI is InChI=1S/C35H31BClFN2O8/c1-35-26(32(43)40(34(35)45)21-7-12-28(38)27(37)16-21)17-25-23(30(35)18-5-8-22(9-6-18)48-14-13-41)10-11-24-29(25)33(44)39(31(24)42)20-4-2-3-19(15-20)36(46)47/h2-10,12,15-16,24-26,29-30,41,46-47H,11,13-14,17H2,1H3. The summed E-state index contributed by atoms with van der Waals surface area (Å²) >= 11 is 6.07. The predicted molar refractivity (Wildman–Crippen MR) is 174 cm³/mol.